The van der Waals surface area contributed by atoms with E-state index in [1.54, 1.807) is 18.2 Å². The van der Waals surface area contributed by atoms with Crippen LogP contribution in [0, 0.1) is 0 Å². The van der Waals surface area contributed by atoms with Gasteiger partial charge in [-0.2, -0.15) is 0 Å². The molecule has 2 unspecified atom stereocenters. The van der Waals surface area contributed by atoms with Crippen LogP contribution in [0.3, 0.4) is 0 Å². The van der Waals surface area contributed by atoms with E-state index < -0.39 is 0 Å². The minimum Gasteiger partial charge on any atom is -0.337 e. The molecule has 2 aliphatic rings. The molecule has 5 heteroatoms. The summed E-state index contributed by atoms with van der Waals surface area (Å²) in [5.74, 6) is -0.0198. The molecule has 1 heterocycles. The number of hydrogen-bond donors (Lipinski definition) is 0. The van der Waals surface area contributed by atoms with Crippen molar-refractivity contribution < 1.29 is 4.79 Å². The second kappa shape index (κ2) is 7.42. The molecule has 1 aromatic carbocycles. The number of likely N-dealkylation sites (N-methyl/N-ethyl adjacent to an activating group) is 1. The first kappa shape index (κ1) is 17.1. The second-order valence-corrected chi connectivity index (χ2v) is 7.46. The molecule has 3 rings (SSSR count). The van der Waals surface area contributed by atoms with Gasteiger partial charge in [0.25, 0.3) is 5.91 Å². The average molecular weight is 355 g/mol. The molecule has 1 amide bonds. The van der Waals surface area contributed by atoms with Crippen LogP contribution < -0.4 is 0 Å². The summed E-state index contributed by atoms with van der Waals surface area (Å²) in [5.41, 5.74) is 0.507. The molecule has 23 heavy (non-hydrogen) atoms. The van der Waals surface area contributed by atoms with Gasteiger partial charge in [-0.15, -0.1) is 0 Å². The standard InChI is InChI=1S/C18H24Cl2N2O/c1-21(18(23)13-7-6-8-14(19)17(13)20)15-9-2-3-10-16(15)22-11-4-5-12-22/h6-8,15-16H,2-5,9-12H2,1H3. The maximum Gasteiger partial charge on any atom is 0.255 e. The van der Waals surface area contributed by atoms with Gasteiger partial charge in [0.15, 0.2) is 0 Å². The number of amides is 1. The minimum atomic E-state index is -0.0198. The normalized spacial score (nSPS) is 25.5. The molecule has 1 saturated heterocycles. The fraction of sp³-hybridized carbons (Fsp3) is 0.611. The predicted octanol–water partition coefficient (Wildman–Crippen LogP) is 4.47. The summed E-state index contributed by atoms with van der Waals surface area (Å²) >= 11 is 12.3. The van der Waals surface area contributed by atoms with Crippen LogP contribution in [-0.4, -0.2) is 47.9 Å². The molecule has 1 aromatic rings. The van der Waals surface area contributed by atoms with Crippen LogP contribution in [0.25, 0.3) is 0 Å². The van der Waals surface area contributed by atoms with Crippen molar-refractivity contribution in [1.29, 1.82) is 0 Å². The lowest BCUT2D eigenvalue weighted by atomic mass is 9.88. The molecule has 2 fully saturated rings. The molecule has 0 aromatic heterocycles. The quantitative estimate of drug-likeness (QED) is 0.799. The van der Waals surface area contributed by atoms with Crippen molar-refractivity contribution in [1.82, 2.24) is 9.80 Å². The number of rotatable bonds is 3. The van der Waals surface area contributed by atoms with Gasteiger partial charge in [-0.05, 0) is 50.9 Å². The van der Waals surface area contributed by atoms with Crippen LogP contribution in [0.5, 0.6) is 0 Å². The summed E-state index contributed by atoms with van der Waals surface area (Å²) in [6.45, 7) is 2.34. The Labute approximate surface area is 148 Å². The maximum absolute atomic E-state index is 12.9. The first-order valence-corrected chi connectivity index (χ1v) is 9.30. The molecule has 2 atom stereocenters. The predicted molar refractivity (Wildman–Crippen MR) is 95.4 cm³/mol. The number of carbonyl (C=O) groups excluding carboxylic acids is 1. The SMILES string of the molecule is CN(C(=O)c1cccc(Cl)c1Cl)C1CCCCC1N1CCCC1. The van der Waals surface area contributed by atoms with Gasteiger partial charge in [-0.25, -0.2) is 0 Å². The Morgan fingerprint density at radius 1 is 1.13 bits per heavy atom. The van der Waals surface area contributed by atoms with Gasteiger partial charge in [0.05, 0.1) is 15.6 Å². The zero-order valence-corrected chi connectivity index (χ0v) is 15.1. The second-order valence-electron chi connectivity index (χ2n) is 6.68. The van der Waals surface area contributed by atoms with Gasteiger partial charge in [-0.3, -0.25) is 9.69 Å². The first-order valence-electron chi connectivity index (χ1n) is 8.55. The van der Waals surface area contributed by atoms with E-state index in [9.17, 15) is 4.79 Å². The van der Waals surface area contributed by atoms with Gasteiger partial charge in [0, 0.05) is 19.1 Å². The molecular weight excluding hydrogens is 331 g/mol. The Morgan fingerprint density at radius 3 is 2.57 bits per heavy atom. The fourth-order valence-electron chi connectivity index (χ4n) is 4.05. The van der Waals surface area contributed by atoms with Crippen molar-refractivity contribution in [2.45, 2.75) is 50.6 Å². The summed E-state index contributed by atoms with van der Waals surface area (Å²) in [7, 11) is 1.92. The summed E-state index contributed by atoms with van der Waals surface area (Å²) in [6, 6.07) is 6.02. The highest BCUT2D eigenvalue weighted by molar-refractivity contribution is 6.43. The van der Waals surface area contributed by atoms with Gasteiger partial charge in [0.1, 0.15) is 0 Å². The Morgan fingerprint density at radius 2 is 1.83 bits per heavy atom. The molecule has 126 valence electrons. The van der Waals surface area contributed by atoms with Crippen molar-refractivity contribution in [3.05, 3.63) is 33.8 Å². The van der Waals surface area contributed by atoms with Gasteiger partial charge < -0.3 is 4.90 Å². The highest BCUT2D eigenvalue weighted by Gasteiger charge is 2.36. The van der Waals surface area contributed by atoms with E-state index in [2.05, 4.69) is 4.90 Å². The van der Waals surface area contributed by atoms with Gasteiger partial charge in [-0.1, -0.05) is 42.1 Å². The van der Waals surface area contributed by atoms with Crippen LogP contribution in [-0.2, 0) is 0 Å². The number of carbonyl (C=O) groups is 1. The van der Waals surface area contributed by atoms with Crippen molar-refractivity contribution >= 4 is 29.1 Å². The van der Waals surface area contributed by atoms with E-state index in [0.717, 1.165) is 6.42 Å². The van der Waals surface area contributed by atoms with Gasteiger partial charge >= 0.3 is 0 Å². The van der Waals surface area contributed by atoms with E-state index >= 15 is 0 Å². The molecule has 1 aliphatic heterocycles. The molecule has 0 N–H and O–H groups in total. The zero-order chi connectivity index (χ0) is 16.4. The third-order valence-electron chi connectivity index (χ3n) is 5.30. The van der Waals surface area contributed by atoms with Crippen LogP contribution in [0.1, 0.15) is 48.9 Å². The summed E-state index contributed by atoms with van der Waals surface area (Å²) < 4.78 is 0. The minimum absolute atomic E-state index is 0.0198. The Bertz CT molecular complexity index is 572. The first-order chi connectivity index (χ1) is 11.1. The summed E-state index contributed by atoms with van der Waals surface area (Å²) in [6.07, 6.45) is 7.27. The van der Waals surface area contributed by atoms with Gasteiger partial charge in [0.2, 0.25) is 0 Å². The van der Waals surface area contributed by atoms with Crippen molar-refractivity contribution in [3.8, 4) is 0 Å². The average Bonchev–Trinajstić information content (AvgIpc) is 3.10. The van der Waals surface area contributed by atoms with Crippen molar-refractivity contribution in [2.75, 3.05) is 20.1 Å². The van der Waals surface area contributed by atoms with Crippen LogP contribution in [0.4, 0.5) is 0 Å². The summed E-state index contributed by atoms with van der Waals surface area (Å²) in [5, 5.41) is 0.796. The molecule has 3 nitrogen and oxygen atoms in total. The molecule has 0 spiro atoms. The molecule has 0 radical (unpaired) electrons. The fourth-order valence-corrected chi connectivity index (χ4v) is 4.43. The Hall–Kier alpha value is -0.770. The number of likely N-dealkylation sites (tertiary alicyclic amines) is 1. The van der Waals surface area contributed by atoms with Crippen LogP contribution in [0.2, 0.25) is 10.0 Å². The molecule has 1 saturated carbocycles. The highest BCUT2D eigenvalue weighted by atomic mass is 35.5. The van der Waals surface area contributed by atoms with Crippen molar-refractivity contribution in [2.24, 2.45) is 0 Å². The Balaban J connectivity index is 1.80. The molecular formula is C18H24Cl2N2O. The number of halogens is 2. The van der Waals surface area contributed by atoms with E-state index in [4.69, 9.17) is 23.2 Å². The third-order valence-corrected chi connectivity index (χ3v) is 6.12. The largest absolute Gasteiger partial charge is 0.337 e. The Kier molecular flexibility index (Phi) is 5.50. The lowest BCUT2D eigenvalue weighted by Gasteiger charge is -2.42. The van der Waals surface area contributed by atoms with Crippen LogP contribution in [0.15, 0.2) is 18.2 Å². The van der Waals surface area contributed by atoms with E-state index in [-0.39, 0.29) is 11.9 Å². The van der Waals surface area contributed by atoms with E-state index in [1.807, 2.05) is 11.9 Å². The van der Waals surface area contributed by atoms with Crippen LogP contribution >= 0.6 is 23.2 Å². The smallest absolute Gasteiger partial charge is 0.255 e. The van der Waals surface area contributed by atoms with E-state index in [1.165, 1.54) is 45.2 Å². The number of benzene rings is 1. The maximum atomic E-state index is 12.9. The molecule has 0 bridgehead atoms. The van der Waals surface area contributed by atoms with E-state index in [0.29, 0.717) is 21.7 Å². The topological polar surface area (TPSA) is 23.6 Å². The lowest BCUT2D eigenvalue weighted by molar-refractivity contribution is 0.0497. The summed E-state index contributed by atoms with van der Waals surface area (Å²) in [4.78, 5) is 17.4. The van der Waals surface area contributed by atoms with Crippen molar-refractivity contribution in [3.63, 3.8) is 0 Å². The third kappa shape index (κ3) is 3.52. The zero-order valence-electron chi connectivity index (χ0n) is 13.6. The number of nitrogens with zero attached hydrogens (tertiary/aromatic N) is 2. The monoisotopic (exact) mass is 354 g/mol. The lowest BCUT2D eigenvalue weighted by Crippen LogP contribution is -2.53. The molecule has 1 aliphatic carbocycles. The highest BCUT2D eigenvalue weighted by Crippen LogP contribution is 2.31. The number of hydrogen-bond acceptors (Lipinski definition) is 2.